The van der Waals surface area contributed by atoms with E-state index in [9.17, 15) is 4.79 Å². The average Bonchev–Trinajstić information content (AvgIpc) is 3.14. The molecule has 0 aliphatic heterocycles. The van der Waals surface area contributed by atoms with E-state index in [0.29, 0.717) is 28.8 Å². The molecule has 0 fully saturated rings. The van der Waals surface area contributed by atoms with Gasteiger partial charge >= 0.3 is 0 Å². The van der Waals surface area contributed by atoms with Crippen molar-refractivity contribution in [2.24, 2.45) is 0 Å². The first-order valence-electron chi connectivity index (χ1n) is 8.33. The zero-order chi connectivity index (χ0) is 18.4. The summed E-state index contributed by atoms with van der Waals surface area (Å²) in [6, 6.07) is 17.3. The Balaban J connectivity index is 1.56. The Morgan fingerprint density at radius 3 is 2.73 bits per heavy atom. The van der Waals surface area contributed by atoms with E-state index in [1.807, 2.05) is 24.3 Å². The standard InChI is InChI=1S/C20H20N2O3S/c1-14(15-7-4-3-5-8-15)11-19-21-22-20(25-19)26-13-18(23)16-9-6-10-17(12-16)24-2/h3-10,12,14H,11,13H2,1-2H3. The van der Waals surface area contributed by atoms with Crippen LogP contribution in [0, 0.1) is 0 Å². The molecule has 3 aromatic rings. The van der Waals surface area contributed by atoms with Crippen molar-refractivity contribution in [1.29, 1.82) is 0 Å². The maximum absolute atomic E-state index is 12.3. The fourth-order valence-electron chi connectivity index (χ4n) is 2.55. The zero-order valence-electron chi connectivity index (χ0n) is 14.7. The maximum atomic E-state index is 12.3. The summed E-state index contributed by atoms with van der Waals surface area (Å²) in [5.41, 5.74) is 1.84. The third-order valence-electron chi connectivity index (χ3n) is 4.02. The molecule has 1 atom stereocenters. The number of ketones is 1. The van der Waals surface area contributed by atoms with Crippen molar-refractivity contribution in [3.05, 3.63) is 71.6 Å². The minimum absolute atomic E-state index is 0.00805. The van der Waals surface area contributed by atoms with Crippen molar-refractivity contribution in [2.45, 2.75) is 24.5 Å². The summed E-state index contributed by atoms with van der Waals surface area (Å²) in [4.78, 5) is 12.3. The van der Waals surface area contributed by atoms with Crippen LogP contribution in [0.1, 0.15) is 34.7 Å². The molecule has 0 aliphatic carbocycles. The molecule has 134 valence electrons. The van der Waals surface area contributed by atoms with Gasteiger partial charge in [-0.25, -0.2) is 0 Å². The highest BCUT2D eigenvalue weighted by atomic mass is 32.2. The number of ether oxygens (including phenoxy) is 1. The third kappa shape index (κ3) is 4.73. The number of rotatable bonds is 8. The average molecular weight is 368 g/mol. The van der Waals surface area contributed by atoms with Crippen LogP contribution in [-0.4, -0.2) is 28.8 Å². The van der Waals surface area contributed by atoms with E-state index in [4.69, 9.17) is 9.15 Å². The Labute approximate surface area is 156 Å². The highest BCUT2D eigenvalue weighted by Crippen LogP contribution is 2.23. The number of methoxy groups -OCH3 is 1. The van der Waals surface area contributed by atoms with Crippen molar-refractivity contribution < 1.29 is 13.9 Å². The normalized spacial score (nSPS) is 11.9. The lowest BCUT2D eigenvalue weighted by Gasteiger charge is -2.08. The fraction of sp³-hybridized carbons (Fsp3) is 0.250. The Kier molecular flexibility index (Phi) is 6.07. The molecule has 5 nitrogen and oxygen atoms in total. The van der Waals surface area contributed by atoms with Gasteiger partial charge in [-0.05, 0) is 23.6 Å². The number of hydrogen-bond donors (Lipinski definition) is 0. The van der Waals surface area contributed by atoms with Crippen LogP contribution in [-0.2, 0) is 6.42 Å². The second-order valence-electron chi connectivity index (χ2n) is 5.92. The van der Waals surface area contributed by atoms with Gasteiger partial charge in [-0.3, -0.25) is 4.79 Å². The molecular formula is C20H20N2O3S. The molecule has 0 aliphatic rings. The minimum atomic E-state index is -0.00805. The van der Waals surface area contributed by atoms with Gasteiger partial charge in [0.05, 0.1) is 12.9 Å². The van der Waals surface area contributed by atoms with Gasteiger partial charge in [-0.15, -0.1) is 10.2 Å². The zero-order valence-corrected chi connectivity index (χ0v) is 15.5. The molecule has 0 spiro atoms. The largest absolute Gasteiger partial charge is 0.497 e. The molecule has 0 saturated carbocycles. The number of carbonyl (C=O) groups is 1. The molecule has 6 heteroatoms. The van der Waals surface area contributed by atoms with Crippen LogP contribution in [0.3, 0.4) is 0 Å². The third-order valence-corrected chi connectivity index (χ3v) is 4.83. The van der Waals surface area contributed by atoms with Gasteiger partial charge in [0, 0.05) is 12.0 Å². The molecule has 0 radical (unpaired) electrons. The fourth-order valence-corrected chi connectivity index (χ4v) is 3.22. The quantitative estimate of drug-likeness (QED) is 0.434. The highest BCUT2D eigenvalue weighted by molar-refractivity contribution is 7.99. The number of benzene rings is 2. The van der Waals surface area contributed by atoms with E-state index in [1.165, 1.54) is 17.3 Å². The van der Waals surface area contributed by atoms with Crippen molar-refractivity contribution in [3.8, 4) is 5.75 Å². The summed E-state index contributed by atoms with van der Waals surface area (Å²) in [5.74, 6) is 1.76. The molecule has 0 N–H and O–H groups in total. The number of Topliss-reactive ketones (excluding diaryl/α,β-unsaturated/α-hetero) is 1. The van der Waals surface area contributed by atoms with Gasteiger partial charge in [0.2, 0.25) is 5.89 Å². The molecule has 0 amide bonds. The molecule has 0 bridgehead atoms. The van der Waals surface area contributed by atoms with E-state index >= 15 is 0 Å². The SMILES string of the molecule is COc1cccc(C(=O)CSc2nnc(CC(C)c3ccccc3)o2)c1. The second-order valence-corrected chi connectivity index (χ2v) is 6.85. The summed E-state index contributed by atoms with van der Waals surface area (Å²) in [6.07, 6.45) is 0.668. The highest BCUT2D eigenvalue weighted by Gasteiger charge is 2.14. The molecule has 2 aromatic carbocycles. The maximum Gasteiger partial charge on any atom is 0.277 e. The van der Waals surface area contributed by atoms with Crippen LogP contribution >= 0.6 is 11.8 Å². The lowest BCUT2D eigenvalue weighted by Crippen LogP contribution is -2.02. The van der Waals surface area contributed by atoms with E-state index < -0.39 is 0 Å². The monoisotopic (exact) mass is 368 g/mol. The molecule has 3 rings (SSSR count). The van der Waals surface area contributed by atoms with Gasteiger partial charge in [0.15, 0.2) is 5.78 Å². The number of nitrogens with zero attached hydrogens (tertiary/aromatic N) is 2. The minimum Gasteiger partial charge on any atom is -0.497 e. The first kappa shape index (κ1) is 18.2. The van der Waals surface area contributed by atoms with Crippen LogP contribution in [0.25, 0.3) is 0 Å². The lowest BCUT2D eigenvalue weighted by molar-refractivity contribution is 0.102. The summed E-state index contributed by atoms with van der Waals surface area (Å²) >= 11 is 1.25. The molecule has 1 unspecified atom stereocenters. The van der Waals surface area contributed by atoms with Crippen LogP contribution in [0.2, 0.25) is 0 Å². The molecule has 1 heterocycles. The smallest absolute Gasteiger partial charge is 0.277 e. The summed E-state index contributed by atoms with van der Waals surface area (Å²) in [6.45, 7) is 2.12. The topological polar surface area (TPSA) is 65.2 Å². The van der Waals surface area contributed by atoms with Crippen molar-refractivity contribution in [1.82, 2.24) is 10.2 Å². The first-order valence-corrected chi connectivity index (χ1v) is 9.31. The predicted molar refractivity (Wildman–Crippen MR) is 101 cm³/mol. The van der Waals surface area contributed by atoms with Gasteiger partial charge in [0.25, 0.3) is 5.22 Å². The van der Waals surface area contributed by atoms with Crippen molar-refractivity contribution in [3.63, 3.8) is 0 Å². The van der Waals surface area contributed by atoms with Crippen molar-refractivity contribution >= 4 is 17.5 Å². The van der Waals surface area contributed by atoms with Gasteiger partial charge in [0.1, 0.15) is 5.75 Å². The summed E-state index contributed by atoms with van der Waals surface area (Å²) in [5, 5.41) is 8.54. The Morgan fingerprint density at radius 2 is 1.96 bits per heavy atom. The number of hydrogen-bond acceptors (Lipinski definition) is 6. The van der Waals surface area contributed by atoms with E-state index in [1.54, 1.807) is 25.3 Å². The molecular weight excluding hydrogens is 348 g/mol. The molecule has 0 saturated heterocycles. The van der Waals surface area contributed by atoms with Crippen LogP contribution in [0.5, 0.6) is 5.75 Å². The van der Waals surface area contributed by atoms with E-state index in [2.05, 4.69) is 29.3 Å². The van der Waals surface area contributed by atoms with E-state index in [-0.39, 0.29) is 17.5 Å². The van der Waals surface area contributed by atoms with Gasteiger partial charge < -0.3 is 9.15 Å². The van der Waals surface area contributed by atoms with Gasteiger partial charge in [-0.1, -0.05) is 61.2 Å². The summed E-state index contributed by atoms with van der Waals surface area (Å²) < 4.78 is 10.8. The Bertz CT molecular complexity index is 864. The Hall–Kier alpha value is -2.60. The summed E-state index contributed by atoms with van der Waals surface area (Å²) in [7, 11) is 1.58. The van der Waals surface area contributed by atoms with Crippen LogP contribution in [0.4, 0.5) is 0 Å². The number of aromatic nitrogens is 2. The van der Waals surface area contributed by atoms with Gasteiger partial charge in [-0.2, -0.15) is 0 Å². The predicted octanol–water partition coefficient (Wildman–Crippen LogP) is 4.40. The lowest BCUT2D eigenvalue weighted by atomic mass is 9.98. The second kappa shape index (κ2) is 8.67. The van der Waals surface area contributed by atoms with E-state index in [0.717, 1.165) is 0 Å². The number of thioether (sulfide) groups is 1. The number of carbonyl (C=O) groups excluding carboxylic acids is 1. The van der Waals surface area contributed by atoms with Crippen molar-refractivity contribution in [2.75, 3.05) is 12.9 Å². The van der Waals surface area contributed by atoms with Crippen LogP contribution in [0.15, 0.2) is 64.2 Å². The molecule has 1 aromatic heterocycles. The van der Waals surface area contributed by atoms with Crippen LogP contribution < -0.4 is 4.74 Å². The first-order chi connectivity index (χ1) is 12.7. The Morgan fingerprint density at radius 1 is 1.15 bits per heavy atom. The molecule has 26 heavy (non-hydrogen) atoms.